The van der Waals surface area contributed by atoms with Crippen molar-refractivity contribution in [1.82, 2.24) is 0 Å². The van der Waals surface area contributed by atoms with Crippen LogP contribution in [0.3, 0.4) is 0 Å². The van der Waals surface area contributed by atoms with Gasteiger partial charge in [-0.2, -0.15) is 0 Å². The number of carbonyl (C=O) groups is 2. The van der Waals surface area contributed by atoms with Gasteiger partial charge in [0.25, 0.3) is 0 Å². The van der Waals surface area contributed by atoms with Gasteiger partial charge in [0, 0.05) is 12.0 Å². The first-order valence-electron chi connectivity index (χ1n) is 6.68. The van der Waals surface area contributed by atoms with Gasteiger partial charge in [0.05, 0.1) is 5.92 Å². The van der Waals surface area contributed by atoms with E-state index >= 15 is 0 Å². The normalized spacial score (nSPS) is 21.8. The Labute approximate surface area is 114 Å². The Balaban J connectivity index is 1.84. The van der Waals surface area contributed by atoms with E-state index in [0.29, 0.717) is 6.42 Å². The number of ether oxygens (including phenoxy) is 1. The molecular formula is C16H20O3. The minimum Gasteiger partial charge on any atom is -0.460 e. The number of ketones is 1. The minimum atomic E-state index is -0.451. The number of esters is 1. The van der Waals surface area contributed by atoms with Crippen molar-refractivity contribution in [1.29, 1.82) is 0 Å². The highest BCUT2D eigenvalue weighted by atomic mass is 16.6. The van der Waals surface area contributed by atoms with Crippen LogP contribution in [0.5, 0.6) is 0 Å². The molecule has 1 fully saturated rings. The molecule has 0 saturated heterocycles. The van der Waals surface area contributed by atoms with E-state index < -0.39 is 5.60 Å². The molecule has 3 heteroatoms. The summed E-state index contributed by atoms with van der Waals surface area (Å²) in [7, 11) is 0. The second kappa shape index (κ2) is 5.16. The largest absolute Gasteiger partial charge is 0.460 e. The number of carbonyl (C=O) groups excluding carboxylic acids is 2. The zero-order chi connectivity index (χ0) is 14.0. The van der Waals surface area contributed by atoms with Crippen LogP contribution in [0.4, 0.5) is 0 Å². The van der Waals surface area contributed by atoms with Gasteiger partial charge < -0.3 is 4.74 Å². The van der Waals surface area contributed by atoms with Crippen LogP contribution in [0.1, 0.15) is 44.0 Å². The molecule has 1 aromatic rings. The van der Waals surface area contributed by atoms with E-state index in [4.69, 9.17) is 4.74 Å². The summed E-state index contributed by atoms with van der Waals surface area (Å²) < 4.78 is 5.33. The van der Waals surface area contributed by atoms with Crippen molar-refractivity contribution in [2.45, 2.75) is 39.2 Å². The van der Waals surface area contributed by atoms with Crippen LogP contribution in [0.15, 0.2) is 30.3 Å². The van der Waals surface area contributed by atoms with Gasteiger partial charge in [-0.15, -0.1) is 0 Å². The maximum atomic E-state index is 12.0. The van der Waals surface area contributed by atoms with Crippen LogP contribution in [0, 0.1) is 11.8 Å². The van der Waals surface area contributed by atoms with Crippen LogP contribution in [0.25, 0.3) is 0 Å². The number of benzene rings is 1. The first-order chi connectivity index (χ1) is 8.87. The van der Waals surface area contributed by atoms with Crippen molar-refractivity contribution in [2.75, 3.05) is 0 Å². The highest BCUT2D eigenvalue weighted by molar-refractivity contribution is 5.96. The van der Waals surface area contributed by atoms with E-state index in [-0.39, 0.29) is 23.6 Å². The summed E-state index contributed by atoms with van der Waals surface area (Å²) >= 11 is 0. The molecule has 0 bridgehead atoms. The smallest absolute Gasteiger partial charge is 0.309 e. The van der Waals surface area contributed by atoms with Crippen LogP contribution in [0.2, 0.25) is 0 Å². The summed E-state index contributed by atoms with van der Waals surface area (Å²) in [5.41, 5.74) is 0.269. The Morgan fingerprint density at radius 2 is 1.84 bits per heavy atom. The Morgan fingerprint density at radius 3 is 2.42 bits per heavy atom. The fourth-order valence-electron chi connectivity index (χ4n) is 2.12. The predicted octanol–water partition coefficient (Wildman–Crippen LogP) is 3.24. The Hall–Kier alpha value is -1.64. The zero-order valence-electron chi connectivity index (χ0n) is 11.7. The first kappa shape index (κ1) is 13.8. The molecule has 0 spiro atoms. The molecule has 102 valence electrons. The fraction of sp³-hybridized carbons (Fsp3) is 0.500. The molecule has 2 rings (SSSR count). The van der Waals surface area contributed by atoms with Crippen molar-refractivity contribution in [3.8, 4) is 0 Å². The second-order valence-corrected chi connectivity index (χ2v) is 6.13. The topological polar surface area (TPSA) is 43.4 Å². The number of Topliss-reactive ketones (excluding diaryl/α,β-unsaturated/α-hetero) is 1. The van der Waals surface area contributed by atoms with Crippen molar-refractivity contribution >= 4 is 11.8 Å². The van der Waals surface area contributed by atoms with Gasteiger partial charge in [-0.1, -0.05) is 30.3 Å². The third kappa shape index (κ3) is 3.91. The van der Waals surface area contributed by atoms with Gasteiger partial charge in [-0.05, 0) is 33.1 Å². The monoisotopic (exact) mass is 260 g/mol. The van der Waals surface area contributed by atoms with E-state index in [1.54, 1.807) is 0 Å². The molecule has 0 amide bonds. The average molecular weight is 260 g/mol. The molecule has 19 heavy (non-hydrogen) atoms. The number of rotatable bonds is 4. The van der Waals surface area contributed by atoms with Crippen molar-refractivity contribution < 1.29 is 14.3 Å². The van der Waals surface area contributed by atoms with Crippen molar-refractivity contribution in [3.05, 3.63) is 35.9 Å². The van der Waals surface area contributed by atoms with Crippen LogP contribution in [-0.4, -0.2) is 17.4 Å². The maximum absolute atomic E-state index is 12.0. The zero-order valence-corrected chi connectivity index (χ0v) is 11.7. The highest BCUT2D eigenvalue weighted by Crippen LogP contribution is 2.43. The molecular weight excluding hydrogens is 240 g/mol. The van der Waals surface area contributed by atoms with Gasteiger partial charge in [0.1, 0.15) is 5.60 Å². The van der Waals surface area contributed by atoms with Crippen molar-refractivity contribution in [2.24, 2.45) is 11.8 Å². The molecule has 0 heterocycles. The molecule has 0 radical (unpaired) electrons. The summed E-state index contributed by atoms with van der Waals surface area (Å²) in [4.78, 5) is 23.8. The molecule has 0 N–H and O–H groups in total. The summed E-state index contributed by atoms with van der Waals surface area (Å²) in [6, 6.07) is 9.22. The van der Waals surface area contributed by atoms with E-state index in [0.717, 1.165) is 12.0 Å². The molecule has 1 saturated carbocycles. The average Bonchev–Trinajstić information content (AvgIpc) is 3.07. The van der Waals surface area contributed by atoms with E-state index in [9.17, 15) is 9.59 Å². The van der Waals surface area contributed by atoms with Crippen LogP contribution in [-0.2, 0) is 9.53 Å². The molecule has 0 unspecified atom stereocenters. The van der Waals surface area contributed by atoms with Gasteiger partial charge in [0.2, 0.25) is 0 Å². The highest BCUT2D eigenvalue weighted by Gasteiger charge is 2.46. The van der Waals surface area contributed by atoms with E-state index in [2.05, 4.69) is 0 Å². The van der Waals surface area contributed by atoms with Gasteiger partial charge in [0.15, 0.2) is 5.78 Å². The van der Waals surface area contributed by atoms with Crippen molar-refractivity contribution in [3.63, 3.8) is 0 Å². The molecule has 1 aromatic carbocycles. The van der Waals surface area contributed by atoms with E-state index in [1.165, 1.54) is 0 Å². The number of hydrogen-bond acceptors (Lipinski definition) is 3. The molecule has 3 nitrogen and oxygen atoms in total. The molecule has 2 atom stereocenters. The lowest BCUT2D eigenvalue weighted by atomic mass is 10.1. The third-order valence-electron chi connectivity index (χ3n) is 3.18. The Bertz CT molecular complexity index is 471. The summed E-state index contributed by atoms with van der Waals surface area (Å²) in [5, 5.41) is 0. The Kier molecular flexibility index (Phi) is 3.74. The van der Waals surface area contributed by atoms with Gasteiger partial charge in [-0.25, -0.2) is 0 Å². The molecule has 1 aliphatic carbocycles. The molecule has 0 aromatic heterocycles. The Morgan fingerprint density at radius 1 is 1.21 bits per heavy atom. The van der Waals surface area contributed by atoms with Crippen LogP contribution < -0.4 is 0 Å². The summed E-state index contributed by atoms with van der Waals surface area (Å²) in [5.74, 6) is 0.00413. The minimum absolute atomic E-state index is 0.0908. The maximum Gasteiger partial charge on any atom is 0.309 e. The standard InChI is InChI=1S/C16H20O3/c1-16(2,3)19-15(18)13-9-12(13)10-14(17)11-7-5-4-6-8-11/h4-8,12-13H,9-10H2,1-3H3/t12-,13+/m0/s1. The lowest BCUT2D eigenvalue weighted by Crippen LogP contribution is -2.25. The first-order valence-corrected chi connectivity index (χ1v) is 6.68. The van der Waals surface area contributed by atoms with E-state index in [1.807, 2.05) is 51.1 Å². The summed E-state index contributed by atoms with van der Waals surface area (Å²) in [6.45, 7) is 5.58. The fourth-order valence-corrected chi connectivity index (χ4v) is 2.12. The van der Waals surface area contributed by atoms with Gasteiger partial charge >= 0.3 is 5.97 Å². The molecule has 0 aliphatic heterocycles. The quantitative estimate of drug-likeness (QED) is 0.616. The third-order valence-corrected chi connectivity index (χ3v) is 3.18. The lowest BCUT2D eigenvalue weighted by molar-refractivity contribution is -0.156. The van der Waals surface area contributed by atoms with Crippen LogP contribution >= 0.6 is 0 Å². The SMILES string of the molecule is CC(C)(C)OC(=O)[C@@H]1C[C@H]1CC(=O)c1ccccc1. The second-order valence-electron chi connectivity index (χ2n) is 6.13. The molecule has 1 aliphatic rings. The van der Waals surface area contributed by atoms with Gasteiger partial charge in [-0.3, -0.25) is 9.59 Å². The number of hydrogen-bond donors (Lipinski definition) is 0. The predicted molar refractivity (Wildman–Crippen MR) is 72.8 cm³/mol. The lowest BCUT2D eigenvalue weighted by Gasteiger charge is -2.19. The summed E-state index contributed by atoms with van der Waals surface area (Å²) in [6.07, 6.45) is 1.21.